The Labute approximate surface area is 95.0 Å². The number of hydrogen-bond acceptors (Lipinski definition) is 2. The molecule has 0 saturated carbocycles. The number of aryl methyl sites for hydroxylation is 1. The van der Waals surface area contributed by atoms with Gasteiger partial charge in [-0.25, -0.2) is 0 Å². The van der Waals surface area contributed by atoms with Crippen molar-refractivity contribution in [1.29, 1.82) is 0 Å². The molecule has 0 bridgehead atoms. The van der Waals surface area contributed by atoms with Crippen LogP contribution in [-0.4, -0.2) is 34.1 Å². The summed E-state index contributed by atoms with van der Waals surface area (Å²) < 4.78 is 0. The molecular formula is C12H17N3O. The van der Waals surface area contributed by atoms with Crippen molar-refractivity contribution in [3.05, 3.63) is 17.5 Å². The van der Waals surface area contributed by atoms with Gasteiger partial charge in [0.25, 0.3) is 0 Å². The highest BCUT2D eigenvalue weighted by Gasteiger charge is 2.31. The van der Waals surface area contributed by atoms with Crippen LogP contribution in [0.4, 0.5) is 0 Å². The topological polar surface area (TPSA) is 49.0 Å². The maximum Gasteiger partial charge on any atom is 0.230 e. The predicted molar refractivity (Wildman–Crippen MR) is 60.1 cm³/mol. The van der Waals surface area contributed by atoms with Gasteiger partial charge in [0, 0.05) is 24.3 Å². The van der Waals surface area contributed by atoms with Crippen molar-refractivity contribution in [2.24, 2.45) is 0 Å². The van der Waals surface area contributed by atoms with Crippen molar-refractivity contribution in [1.82, 2.24) is 15.1 Å². The minimum atomic E-state index is 0.0700. The first-order valence-electron chi connectivity index (χ1n) is 6.17. The van der Waals surface area contributed by atoms with Crippen LogP contribution in [0.15, 0.2) is 6.20 Å². The Morgan fingerprint density at radius 2 is 2.19 bits per heavy atom. The molecule has 0 radical (unpaired) electrons. The monoisotopic (exact) mass is 219 g/mol. The zero-order chi connectivity index (χ0) is 11.0. The molecule has 4 heteroatoms. The molecule has 1 aliphatic carbocycles. The molecule has 4 nitrogen and oxygen atoms in total. The number of carbonyl (C=O) groups is 1. The van der Waals surface area contributed by atoms with Gasteiger partial charge in [0.2, 0.25) is 5.91 Å². The Kier molecular flexibility index (Phi) is 2.42. The number of nitrogens with zero attached hydrogens (tertiary/aromatic N) is 2. The van der Waals surface area contributed by atoms with Crippen molar-refractivity contribution < 1.29 is 4.79 Å². The summed E-state index contributed by atoms with van der Waals surface area (Å²) in [4.78, 5) is 14.4. The van der Waals surface area contributed by atoms with E-state index in [0.717, 1.165) is 50.8 Å². The molecule has 1 aliphatic heterocycles. The van der Waals surface area contributed by atoms with E-state index in [1.165, 1.54) is 5.69 Å². The van der Waals surface area contributed by atoms with Gasteiger partial charge in [-0.1, -0.05) is 0 Å². The normalized spacial score (nSPS) is 24.5. The number of fused-ring (bicyclic) bond motifs is 1. The molecule has 1 amide bonds. The molecule has 1 N–H and O–H groups in total. The molecule has 86 valence electrons. The van der Waals surface area contributed by atoms with Crippen molar-refractivity contribution in [2.75, 3.05) is 13.1 Å². The van der Waals surface area contributed by atoms with Gasteiger partial charge in [0.05, 0.1) is 12.1 Å². The van der Waals surface area contributed by atoms with Crippen molar-refractivity contribution >= 4 is 5.91 Å². The lowest BCUT2D eigenvalue weighted by Crippen LogP contribution is -2.33. The molecule has 1 atom stereocenters. The summed E-state index contributed by atoms with van der Waals surface area (Å²) in [6.45, 7) is 1.89. The largest absolute Gasteiger partial charge is 0.342 e. The Morgan fingerprint density at radius 1 is 1.38 bits per heavy atom. The zero-order valence-corrected chi connectivity index (χ0v) is 9.41. The van der Waals surface area contributed by atoms with Crippen LogP contribution >= 0.6 is 0 Å². The van der Waals surface area contributed by atoms with E-state index in [0.29, 0.717) is 5.91 Å². The van der Waals surface area contributed by atoms with Crippen LogP contribution in [0, 0.1) is 0 Å². The minimum Gasteiger partial charge on any atom is -0.342 e. The Morgan fingerprint density at radius 3 is 3.00 bits per heavy atom. The summed E-state index contributed by atoms with van der Waals surface area (Å²) in [5, 5.41) is 7.08. The minimum absolute atomic E-state index is 0.0700. The number of rotatable bonds is 1. The third kappa shape index (κ3) is 1.52. The number of carbonyl (C=O) groups excluding carboxylic acids is 1. The molecule has 2 heterocycles. The van der Waals surface area contributed by atoms with E-state index in [1.54, 1.807) is 0 Å². The van der Waals surface area contributed by atoms with Gasteiger partial charge in [-0.05, 0) is 32.1 Å². The lowest BCUT2D eigenvalue weighted by atomic mass is 9.86. The van der Waals surface area contributed by atoms with Crippen molar-refractivity contribution in [2.45, 2.75) is 38.0 Å². The van der Waals surface area contributed by atoms with E-state index in [2.05, 4.69) is 10.2 Å². The average molecular weight is 219 g/mol. The SMILES string of the molecule is O=C(C1CCCc2[nH]ncc21)N1CCCC1. The number of aromatic nitrogens is 2. The van der Waals surface area contributed by atoms with Gasteiger partial charge < -0.3 is 4.90 Å². The van der Waals surface area contributed by atoms with Crippen LogP contribution in [0.25, 0.3) is 0 Å². The molecule has 0 spiro atoms. The Hall–Kier alpha value is -1.32. The number of nitrogens with one attached hydrogen (secondary N) is 1. The summed E-state index contributed by atoms with van der Waals surface area (Å²) in [6, 6.07) is 0. The average Bonchev–Trinajstić information content (AvgIpc) is 2.98. The summed E-state index contributed by atoms with van der Waals surface area (Å²) in [5.41, 5.74) is 2.31. The highest BCUT2D eigenvalue weighted by molar-refractivity contribution is 5.84. The fraction of sp³-hybridized carbons (Fsp3) is 0.667. The molecule has 0 aromatic carbocycles. The van der Waals surface area contributed by atoms with E-state index in [1.807, 2.05) is 11.1 Å². The maximum atomic E-state index is 12.3. The van der Waals surface area contributed by atoms with Crippen LogP contribution in [-0.2, 0) is 11.2 Å². The Balaban J connectivity index is 1.83. The van der Waals surface area contributed by atoms with E-state index in [9.17, 15) is 4.79 Å². The van der Waals surface area contributed by atoms with Gasteiger partial charge in [0.15, 0.2) is 0 Å². The van der Waals surface area contributed by atoms with Crippen LogP contribution in [0.2, 0.25) is 0 Å². The van der Waals surface area contributed by atoms with Gasteiger partial charge in [0.1, 0.15) is 0 Å². The lowest BCUT2D eigenvalue weighted by Gasteiger charge is -2.25. The van der Waals surface area contributed by atoms with Crippen molar-refractivity contribution in [3.63, 3.8) is 0 Å². The fourth-order valence-electron chi connectivity index (χ4n) is 2.88. The summed E-state index contributed by atoms with van der Waals surface area (Å²) in [6.07, 6.45) is 7.29. The molecule has 2 aliphatic rings. The number of amides is 1. The van der Waals surface area contributed by atoms with Gasteiger partial charge >= 0.3 is 0 Å². The quantitative estimate of drug-likeness (QED) is 0.777. The fourth-order valence-corrected chi connectivity index (χ4v) is 2.88. The van der Waals surface area contributed by atoms with Gasteiger partial charge in [-0.3, -0.25) is 9.89 Å². The number of hydrogen-bond donors (Lipinski definition) is 1. The van der Waals surface area contributed by atoms with Crippen molar-refractivity contribution in [3.8, 4) is 0 Å². The molecule has 1 unspecified atom stereocenters. The summed E-state index contributed by atoms with van der Waals surface area (Å²) >= 11 is 0. The molecule has 16 heavy (non-hydrogen) atoms. The highest BCUT2D eigenvalue weighted by Crippen LogP contribution is 2.32. The second kappa shape index (κ2) is 3.92. The predicted octanol–water partition coefficient (Wildman–Crippen LogP) is 1.45. The number of aromatic amines is 1. The third-order valence-electron chi connectivity index (χ3n) is 3.76. The second-order valence-electron chi connectivity index (χ2n) is 4.78. The first-order chi connectivity index (χ1) is 7.86. The standard InChI is InChI=1S/C12H17N3O/c16-12(15-6-1-2-7-15)9-4-3-5-11-10(9)8-13-14-11/h8-9H,1-7H2,(H,13,14). The zero-order valence-electron chi connectivity index (χ0n) is 9.41. The van der Waals surface area contributed by atoms with E-state index >= 15 is 0 Å². The maximum absolute atomic E-state index is 12.3. The molecule has 3 rings (SSSR count). The van der Waals surface area contributed by atoms with Gasteiger partial charge in [-0.15, -0.1) is 0 Å². The van der Waals surface area contributed by atoms with E-state index < -0.39 is 0 Å². The first kappa shape index (κ1) is 9.87. The summed E-state index contributed by atoms with van der Waals surface area (Å²) in [5.74, 6) is 0.389. The number of H-pyrrole nitrogens is 1. The van der Waals surface area contributed by atoms with Crippen LogP contribution in [0.3, 0.4) is 0 Å². The summed E-state index contributed by atoms with van der Waals surface area (Å²) in [7, 11) is 0. The molecule has 1 fully saturated rings. The van der Waals surface area contributed by atoms with E-state index in [4.69, 9.17) is 0 Å². The van der Waals surface area contributed by atoms with Gasteiger partial charge in [-0.2, -0.15) is 5.10 Å². The van der Waals surface area contributed by atoms with E-state index in [-0.39, 0.29) is 5.92 Å². The second-order valence-corrected chi connectivity index (χ2v) is 4.78. The van der Waals surface area contributed by atoms with Crippen LogP contribution < -0.4 is 0 Å². The number of likely N-dealkylation sites (tertiary alicyclic amines) is 1. The molecule has 1 aromatic rings. The Bertz CT molecular complexity index is 393. The first-order valence-corrected chi connectivity index (χ1v) is 6.17. The smallest absolute Gasteiger partial charge is 0.230 e. The third-order valence-corrected chi connectivity index (χ3v) is 3.76. The lowest BCUT2D eigenvalue weighted by molar-refractivity contribution is -0.132. The van der Waals surface area contributed by atoms with Crippen LogP contribution in [0.5, 0.6) is 0 Å². The molecular weight excluding hydrogens is 202 g/mol. The van der Waals surface area contributed by atoms with Crippen LogP contribution in [0.1, 0.15) is 42.9 Å². The highest BCUT2D eigenvalue weighted by atomic mass is 16.2. The molecule has 1 aromatic heterocycles. The molecule has 1 saturated heterocycles.